The van der Waals surface area contributed by atoms with E-state index in [4.69, 9.17) is 0 Å². The van der Waals surface area contributed by atoms with Crippen molar-refractivity contribution in [2.24, 2.45) is 10.2 Å². The number of azo groups is 1. The number of hydrogen-bond donors (Lipinski definition) is 1. The van der Waals surface area contributed by atoms with Crippen LogP contribution in [0.5, 0.6) is 5.88 Å². The van der Waals surface area contributed by atoms with Crippen molar-refractivity contribution in [1.82, 2.24) is 4.57 Å². The van der Waals surface area contributed by atoms with Crippen LogP contribution in [-0.2, 0) is 6.54 Å². The zero-order chi connectivity index (χ0) is 18.6. The largest absolute Gasteiger partial charge is 0.493 e. The molecule has 0 spiro atoms. The van der Waals surface area contributed by atoms with E-state index in [-0.39, 0.29) is 29.0 Å². The van der Waals surface area contributed by atoms with Gasteiger partial charge in [-0.25, -0.2) is 0 Å². The number of non-ortho nitro benzene ring substituents is 1. The number of nitro groups is 1. The first kappa shape index (κ1) is 17.6. The number of pyridine rings is 1. The summed E-state index contributed by atoms with van der Waals surface area (Å²) in [7, 11) is 0. The fourth-order valence-corrected chi connectivity index (χ4v) is 2.10. The molecule has 0 aliphatic rings. The highest BCUT2D eigenvalue weighted by molar-refractivity contribution is 5.57. The third-order valence-electron chi connectivity index (χ3n) is 3.41. The summed E-state index contributed by atoms with van der Waals surface area (Å²) in [5, 5.41) is 37.6. The van der Waals surface area contributed by atoms with Gasteiger partial charge in [0.1, 0.15) is 11.6 Å². The molecule has 0 aliphatic heterocycles. The number of nitriles is 1. The molecule has 2 rings (SSSR count). The maximum atomic E-state index is 12.4. The molecule has 0 bridgehead atoms. The Morgan fingerprint density at radius 3 is 2.56 bits per heavy atom. The van der Waals surface area contributed by atoms with Crippen molar-refractivity contribution in [2.45, 2.75) is 13.5 Å². The summed E-state index contributed by atoms with van der Waals surface area (Å²) < 4.78 is 0.961. The summed E-state index contributed by atoms with van der Waals surface area (Å²) in [5.74, 6) is -0.459. The molecule has 25 heavy (non-hydrogen) atoms. The number of aromatic nitrogens is 1. The first-order valence-corrected chi connectivity index (χ1v) is 7.04. The van der Waals surface area contributed by atoms with Gasteiger partial charge in [-0.2, -0.15) is 10.4 Å². The molecule has 1 aromatic carbocycles. The first-order valence-electron chi connectivity index (χ1n) is 7.04. The third kappa shape index (κ3) is 3.42. The number of nitro benzene ring substituents is 1. The average Bonchev–Trinajstić information content (AvgIpc) is 2.59. The van der Waals surface area contributed by atoms with Gasteiger partial charge in [0.05, 0.1) is 10.6 Å². The van der Waals surface area contributed by atoms with Crippen molar-refractivity contribution >= 4 is 17.1 Å². The molecule has 9 nitrogen and oxygen atoms in total. The van der Waals surface area contributed by atoms with Crippen LogP contribution in [0.15, 0.2) is 51.9 Å². The van der Waals surface area contributed by atoms with Gasteiger partial charge < -0.3 is 5.11 Å². The lowest BCUT2D eigenvalue weighted by Gasteiger charge is -2.11. The fraction of sp³-hybridized carbons (Fsp3) is 0.125. The summed E-state index contributed by atoms with van der Waals surface area (Å²) in [6.07, 6.45) is 1.40. The van der Waals surface area contributed by atoms with Gasteiger partial charge in [-0.1, -0.05) is 6.08 Å². The van der Waals surface area contributed by atoms with Crippen molar-refractivity contribution in [3.63, 3.8) is 0 Å². The van der Waals surface area contributed by atoms with E-state index in [0.29, 0.717) is 5.69 Å². The van der Waals surface area contributed by atoms with Crippen LogP contribution in [0.3, 0.4) is 0 Å². The molecular weight excluding hydrogens is 326 g/mol. The van der Waals surface area contributed by atoms with E-state index in [9.17, 15) is 25.3 Å². The van der Waals surface area contributed by atoms with Crippen LogP contribution in [0.25, 0.3) is 0 Å². The van der Waals surface area contributed by atoms with Crippen LogP contribution < -0.4 is 5.56 Å². The van der Waals surface area contributed by atoms with Crippen molar-refractivity contribution < 1.29 is 10.0 Å². The van der Waals surface area contributed by atoms with Gasteiger partial charge in [0.15, 0.2) is 5.69 Å². The van der Waals surface area contributed by atoms with Gasteiger partial charge >= 0.3 is 0 Å². The second-order valence-electron chi connectivity index (χ2n) is 4.96. The highest BCUT2D eigenvalue weighted by Crippen LogP contribution is 2.27. The summed E-state index contributed by atoms with van der Waals surface area (Å²) in [6, 6.07) is 7.10. The molecule has 0 aliphatic carbocycles. The molecule has 1 N–H and O–H groups in total. The van der Waals surface area contributed by atoms with Crippen molar-refractivity contribution in [3.8, 4) is 11.9 Å². The highest BCUT2D eigenvalue weighted by atomic mass is 16.6. The Morgan fingerprint density at radius 2 is 2.04 bits per heavy atom. The zero-order valence-corrected chi connectivity index (χ0v) is 13.2. The maximum Gasteiger partial charge on any atom is 0.281 e. The van der Waals surface area contributed by atoms with Crippen LogP contribution in [0.4, 0.5) is 17.1 Å². The molecule has 0 saturated carbocycles. The van der Waals surface area contributed by atoms with Gasteiger partial charge in [-0.3, -0.25) is 19.5 Å². The molecule has 126 valence electrons. The minimum absolute atomic E-state index is 0.000319. The minimum Gasteiger partial charge on any atom is -0.493 e. The predicted octanol–water partition coefficient (Wildman–Crippen LogP) is 3.24. The van der Waals surface area contributed by atoms with Gasteiger partial charge in [-0.05, 0) is 19.1 Å². The minimum atomic E-state index is -0.625. The molecular formula is C16H13N5O4. The molecule has 0 unspecified atom stereocenters. The van der Waals surface area contributed by atoms with Crippen LogP contribution in [-0.4, -0.2) is 14.6 Å². The summed E-state index contributed by atoms with van der Waals surface area (Å²) in [5.41, 5.74) is -0.421. The number of hydrogen-bond acceptors (Lipinski definition) is 7. The number of allylic oxidation sites excluding steroid dienone is 1. The predicted molar refractivity (Wildman–Crippen MR) is 89.3 cm³/mol. The molecule has 2 aromatic rings. The second-order valence-corrected chi connectivity index (χ2v) is 4.96. The highest BCUT2D eigenvalue weighted by Gasteiger charge is 2.18. The van der Waals surface area contributed by atoms with E-state index in [1.54, 1.807) is 0 Å². The van der Waals surface area contributed by atoms with E-state index >= 15 is 0 Å². The van der Waals surface area contributed by atoms with Crippen molar-refractivity contribution in [2.75, 3.05) is 0 Å². The summed E-state index contributed by atoms with van der Waals surface area (Å²) >= 11 is 0. The molecule has 0 amide bonds. The number of benzene rings is 1. The van der Waals surface area contributed by atoms with Gasteiger partial charge in [-0.15, -0.1) is 11.7 Å². The average molecular weight is 339 g/mol. The van der Waals surface area contributed by atoms with Crippen LogP contribution >= 0.6 is 0 Å². The van der Waals surface area contributed by atoms with Gasteiger partial charge in [0, 0.05) is 24.2 Å². The second kappa shape index (κ2) is 7.18. The molecule has 9 heteroatoms. The molecule has 1 heterocycles. The maximum absolute atomic E-state index is 12.4. The van der Waals surface area contributed by atoms with E-state index in [1.807, 2.05) is 6.07 Å². The van der Waals surface area contributed by atoms with Gasteiger partial charge in [0.25, 0.3) is 11.2 Å². The molecule has 0 radical (unpaired) electrons. The molecule has 1 aromatic heterocycles. The van der Waals surface area contributed by atoms with E-state index < -0.39 is 16.4 Å². The normalized spacial score (nSPS) is 10.6. The number of rotatable bonds is 5. The molecule has 0 saturated heterocycles. The number of nitrogens with zero attached hydrogens (tertiary/aromatic N) is 5. The monoisotopic (exact) mass is 339 g/mol. The quantitative estimate of drug-likeness (QED) is 0.386. The van der Waals surface area contributed by atoms with Crippen LogP contribution in [0.1, 0.15) is 11.1 Å². The lowest BCUT2D eigenvalue weighted by atomic mass is 10.1. The van der Waals surface area contributed by atoms with E-state index in [1.165, 1.54) is 37.3 Å². The third-order valence-corrected chi connectivity index (χ3v) is 3.41. The van der Waals surface area contributed by atoms with Crippen LogP contribution in [0, 0.1) is 28.4 Å². The Balaban J connectivity index is 2.53. The van der Waals surface area contributed by atoms with Crippen LogP contribution in [0.2, 0.25) is 0 Å². The van der Waals surface area contributed by atoms with Gasteiger partial charge in [0.2, 0.25) is 5.88 Å². The lowest BCUT2D eigenvalue weighted by Crippen LogP contribution is -2.21. The van der Waals surface area contributed by atoms with Crippen molar-refractivity contribution in [3.05, 3.63) is 68.5 Å². The lowest BCUT2D eigenvalue weighted by molar-refractivity contribution is -0.384. The summed E-state index contributed by atoms with van der Waals surface area (Å²) in [6.45, 7) is 4.97. The standard InChI is InChI=1S/C16H13N5O4/c1-3-8-20-15(22)13(9-17)10(2)14(16(20)23)19-18-11-4-6-12(7-5-11)21(24)25/h3-7,22H,1,8H2,2H3. The number of aromatic hydroxyl groups is 1. The van der Waals surface area contributed by atoms with Crippen molar-refractivity contribution in [1.29, 1.82) is 5.26 Å². The van der Waals surface area contributed by atoms with E-state index in [2.05, 4.69) is 16.8 Å². The Morgan fingerprint density at radius 1 is 1.40 bits per heavy atom. The SMILES string of the molecule is C=CCn1c(O)c(C#N)c(C)c(N=Nc2ccc([N+](=O)[O-])cc2)c1=O. The smallest absolute Gasteiger partial charge is 0.281 e. The fourth-order valence-electron chi connectivity index (χ4n) is 2.10. The zero-order valence-electron chi connectivity index (χ0n) is 13.2. The Bertz CT molecular complexity index is 968. The topological polar surface area (TPSA) is 134 Å². The van der Waals surface area contributed by atoms with E-state index in [0.717, 1.165) is 4.57 Å². The Labute approximate surface area is 142 Å². The Kier molecular flexibility index (Phi) is 5.04. The molecule has 0 fully saturated rings. The first-order chi connectivity index (χ1) is 11.9. The molecule has 0 atom stereocenters. The summed E-state index contributed by atoms with van der Waals surface area (Å²) in [4.78, 5) is 22.5. The Hall–Kier alpha value is -3.80.